The molecule has 5 heteroatoms. The number of carbonyl (C=O) groups is 1. The van der Waals surface area contributed by atoms with E-state index in [2.05, 4.69) is 22.4 Å². The van der Waals surface area contributed by atoms with E-state index in [1.807, 2.05) is 36.4 Å². The number of likely N-dealkylation sites (tertiary alicyclic amines) is 1. The van der Waals surface area contributed by atoms with Crippen LogP contribution in [0.3, 0.4) is 0 Å². The SMILES string of the molecule is COc1ccccc1/C=C/CN1[C@H](Cc2ccccc2F)C[C@@H]2NC(=O)CCCC[C@H]21. The second-order valence-electron chi connectivity index (χ2n) is 8.51. The molecule has 2 aliphatic heterocycles. The molecule has 0 bridgehead atoms. The Morgan fingerprint density at radius 1 is 1.16 bits per heavy atom. The number of benzene rings is 2. The molecule has 0 saturated carbocycles. The van der Waals surface area contributed by atoms with Gasteiger partial charge in [0.15, 0.2) is 0 Å². The highest BCUT2D eigenvalue weighted by atomic mass is 19.1. The second-order valence-corrected chi connectivity index (χ2v) is 8.51. The van der Waals surface area contributed by atoms with Crippen molar-refractivity contribution >= 4 is 12.0 Å². The topological polar surface area (TPSA) is 41.6 Å². The molecule has 2 fully saturated rings. The molecule has 164 valence electrons. The summed E-state index contributed by atoms with van der Waals surface area (Å²) in [6, 6.07) is 15.6. The van der Waals surface area contributed by atoms with Crippen molar-refractivity contribution in [1.29, 1.82) is 0 Å². The molecule has 3 atom stereocenters. The van der Waals surface area contributed by atoms with Crippen LogP contribution in [0.4, 0.5) is 4.39 Å². The molecule has 0 aliphatic carbocycles. The van der Waals surface area contributed by atoms with Crippen LogP contribution in [0.15, 0.2) is 54.6 Å². The van der Waals surface area contributed by atoms with E-state index in [1.165, 1.54) is 6.07 Å². The molecule has 2 aromatic carbocycles. The molecule has 0 radical (unpaired) electrons. The van der Waals surface area contributed by atoms with Gasteiger partial charge in [-0.25, -0.2) is 4.39 Å². The van der Waals surface area contributed by atoms with Gasteiger partial charge in [0.2, 0.25) is 5.91 Å². The van der Waals surface area contributed by atoms with Crippen molar-refractivity contribution in [1.82, 2.24) is 10.2 Å². The number of rotatable bonds is 6. The summed E-state index contributed by atoms with van der Waals surface area (Å²) in [6.07, 6.45) is 9.40. The molecule has 0 aromatic heterocycles. The maximum Gasteiger partial charge on any atom is 0.220 e. The van der Waals surface area contributed by atoms with Gasteiger partial charge in [-0.15, -0.1) is 0 Å². The van der Waals surface area contributed by atoms with E-state index >= 15 is 0 Å². The van der Waals surface area contributed by atoms with Crippen LogP contribution in [0.2, 0.25) is 0 Å². The number of carbonyl (C=O) groups excluding carboxylic acids is 1. The summed E-state index contributed by atoms with van der Waals surface area (Å²) in [6.45, 7) is 0.758. The van der Waals surface area contributed by atoms with Gasteiger partial charge in [-0.1, -0.05) is 55.0 Å². The van der Waals surface area contributed by atoms with Gasteiger partial charge in [0.25, 0.3) is 0 Å². The number of hydrogen-bond donors (Lipinski definition) is 1. The fourth-order valence-electron chi connectivity index (χ4n) is 5.04. The van der Waals surface area contributed by atoms with Crippen LogP contribution in [0.1, 0.15) is 43.2 Å². The van der Waals surface area contributed by atoms with Gasteiger partial charge >= 0.3 is 0 Å². The van der Waals surface area contributed by atoms with Crippen molar-refractivity contribution in [2.75, 3.05) is 13.7 Å². The molecule has 2 aliphatic rings. The zero-order valence-electron chi connectivity index (χ0n) is 18.1. The third-order valence-electron chi connectivity index (χ3n) is 6.55. The fourth-order valence-corrected chi connectivity index (χ4v) is 5.04. The van der Waals surface area contributed by atoms with Crippen molar-refractivity contribution in [3.8, 4) is 5.75 Å². The number of nitrogens with one attached hydrogen (secondary N) is 1. The summed E-state index contributed by atoms with van der Waals surface area (Å²) >= 11 is 0. The summed E-state index contributed by atoms with van der Waals surface area (Å²) < 4.78 is 19.8. The molecule has 1 amide bonds. The Morgan fingerprint density at radius 3 is 2.81 bits per heavy atom. The van der Waals surface area contributed by atoms with Crippen LogP contribution in [0.25, 0.3) is 6.08 Å². The van der Waals surface area contributed by atoms with Crippen LogP contribution in [0.5, 0.6) is 5.75 Å². The molecule has 1 N–H and O–H groups in total. The number of ether oxygens (including phenoxy) is 1. The normalized spacial score (nSPS) is 24.5. The van der Waals surface area contributed by atoms with Gasteiger partial charge in [0.05, 0.1) is 7.11 Å². The number of fused-ring (bicyclic) bond motifs is 1. The van der Waals surface area contributed by atoms with Gasteiger partial charge < -0.3 is 10.1 Å². The number of hydrogen-bond acceptors (Lipinski definition) is 3. The minimum atomic E-state index is -0.152. The number of halogens is 1. The largest absolute Gasteiger partial charge is 0.496 e. The predicted molar refractivity (Wildman–Crippen MR) is 121 cm³/mol. The highest BCUT2D eigenvalue weighted by molar-refractivity contribution is 5.76. The van der Waals surface area contributed by atoms with Gasteiger partial charge in [-0.3, -0.25) is 9.69 Å². The number of methoxy groups -OCH3 is 1. The molecule has 2 saturated heterocycles. The van der Waals surface area contributed by atoms with E-state index in [4.69, 9.17) is 4.74 Å². The first-order chi connectivity index (χ1) is 15.2. The minimum Gasteiger partial charge on any atom is -0.496 e. The average molecular weight is 423 g/mol. The molecule has 4 nitrogen and oxygen atoms in total. The lowest BCUT2D eigenvalue weighted by molar-refractivity contribution is -0.122. The van der Waals surface area contributed by atoms with E-state index in [0.29, 0.717) is 12.8 Å². The summed E-state index contributed by atoms with van der Waals surface area (Å²) in [5.74, 6) is 0.838. The summed E-state index contributed by atoms with van der Waals surface area (Å²) in [7, 11) is 1.68. The summed E-state index contributed by atoms with van der Waals surface area (Å²) in [5.41, 5.74) is 1.78. The Morgan fingerprint density at radius 2 is 1.97 bits per heavy atom. The summed E-state index contributed by atoms with van der Waals surface area (Å²) in [4.78, 5) is 14.7. The Balaban J connectivity index is 1.55. The molecule has 0 unspecified atom stereocenters. The maximum absolute atomic E-state index is 14.4. The van der Waals surface area contributed by atoms with Gasteiger partial charge in [-0.05, 0) is 43.4 Å². The molecule has 0 spiro atoms. The molecular weight excluding hydrogens is 391 g/mol. The molecule has 4 rings (SSSR count). The van der Waals surface area contributed by atoms with E-state index in [9.17, 15) is 9.18 Å². The Hall–Kier alpha value is -2.66. The standard InChI is InChI=1S/C26H31FN2O2/c1-31-25-14-6-3-9-19(25)11-8-16-29-21(17-20-10-2-4-12-22(20)27)18-23-24(29)13-5-7-15-26(30)28-23/h2-4,6,8-12,14,21,23-24H,5,7,13,15-18H2,1H3,(H,28,30)/b11-8+/t21-,23+,24-/m1/s1. The van der Waals surface area contributed by atoms with E-state index < -0.39 is 0 Å². The van der Waals surface area contributed by atoms with Crippen molar-refractivity contribution in [2.45, 2.75) is 56.7 Å². The Kier molecular flexibility index (Phi) is 7.03. The Labute approximate surface area is 184 Å². The van der Waals surface area contributed by atoms with E-state index in [1.54, 1.807) is 13.2 Å². The highest BCUT2D eigenvalue weighted by Crippen LogP contribution is 2.32. The molecule has 31 heavy (non-hydrogen) atoms. The van der Waals surface area contributed by atoms with E-state index in [0.717, 1.165) is 49.1 Å². The number of amides is 1. The smallest absolute Gasteiger partial charge is 0.220 e. The van der Waals surface area contributed by atoms with Gasteiger partial charge in [0.1, 0.15) is 11.6 Å². The zero-order valence-corrected chi connectivity index (χ0v) is 18.1. The van der Waals surface area contributed by atoms with E-state index in [-0.39, 0.29) is 29.8 Å². The molecule has 2 aromatic rings. The van der Waals surface area contributed by atoms with Crippen molar-refractivity contribution in [3.63, 3.8) is 0 Å². The lowest BCUT2D eigenvalue weighted by atomic mass is 9.97. The third-order valence-corrected chi connectivity index (χ3v) is 6.55. The number of para-hydroxylation sites is 1. The van der Waals surface area contributed by atoms with Crippen molar-refractivity contribution in [3.05, 3.63) is 71.6 Å². The fraction of sp³-hybridized carbons (Fsp3) is 0.423. The monoisotopic (exact) mass is 422 g/mol. The van der Waals surface area contributed by atoms with Gasteiger partial charge in [0, 0.05) is 36.7 Å². The molecular formula is C26H31FN2O2. The maximum atomic E-state index is 14.4. The first-order valence-corrected chi connectivity index (χ1v) is 11.2. The average Bonchev–Trinajstić information content (AvgIpc) is 3.06. The lowest BCUT2D eigenvalue weighted by Gasteiger charge is -2.32. The van der Waals surface area contributed by atoms with Crippen molar-refractivity contribution in [2.24, 2.45) is 0 Å². The first-order valence-electron chi connectivity index (χ1n) is 11.2. The van der Waals surface area contributed by atoms with Crippen LogP contribution in [-0.4, -0.2) is 42.6 Å². The highest BCUT2D eigenvalue weighted by Gasteiger charge is 2.41. The van der Waals surface area contributed by atoms with Crippen molar-refractivity contribution < 1.29 is 13.9 Å². The van der Waals surface area contributed by atoms with Crippen LogP contribution in [-0.2, 0) is 11.2 Å². The quantitative estimate of drug-likeness (QED) is 0.740. The van der Waals surface area contributed by atoms with Crippen LogP contribution >= 0.6 is 0 Å². The van der Waals surface area contributed by atoms with Crippen LogP contribution in [0, 0.1) is 5.82 Å². The van der Waals surface area contributed by atoms with Gasteiger partial charge in [-0.2, -0.15) is 0 Å². The second kappa shape index (κ2) is 10.1. The first kappa shape index (κ1) is 21.6. The predicted octanol–water partition coefficient (Wildman–Crippen LogP) is 4.59. The third kappa shape index (κ3) is 5.16. The van der Waals surface area contributed by atoms with Crippen LogP contribution < -0.4 is 10.1 Å². The number of nitrogens with zero attached hydrogens (tertiary/aromatic N) is 1. The summed E-state index contributed by atoms with van der Waals surface area (Å²) in [5, 5.41) is 3.25. The molecule has 2 heterocycles. The Bertz CT molecular complexity index is 929. The zero-order chi connectivity index (χ0) is 21.6. The minimum absolute atomic E-state index is 0.129. The lowest BCUT2D eigenvalue weighted by Crippen LogP contribution is -2.46.